The van der Waals surface area contributed by atoms with E-state index >= 15 is 0 Å². The summed E-state index contributed by atoms with van der Waals surface area (Å²) in [5, 5.41) is 14.4. The molecule has 128 valence electrons. The molecule has 1 aliphatic heterocycles. The lowest BCUT2D eigenvalue weighted by molar-refractivity contribution is 0.346. The van der Waals surface area contributed by atoms with Crippen molar-refractivity contribution in [1.82, 2.24) is 14.7 Å². The third kappa shape index (κ3) is 2.96. The van der Waals surface area contributed by atoms with Crippen LogP contribution < -0.4 is 0 Å². The van der Waals surface area contributed by atoms with Crippen LogP contribution in [0.5, 0.6) is 5.75 Å². The van der Waals surface area contributed by atoms with Crippen LogP contribution >= 0.6 is 15.9 Å². The van der Waals surface area contributed by atoms with E-state index in [1.165, 1.54) is 6.07 Å². The van der Waals surface area contributed by atoms with E-state index in [0.717, 1.165) is 35.6 Å². The minimum atomic E-state index is -0.243. The molecular weight excluding hydrogens is 385 g/mol. The van der Waals surface area contributed by atoms with Crippen molar-refractivity contribution in [2.45, 2.75) is 19.6 Å². The summed E-state index contributed by atoms with van der Waals surface area (Å²) in [5.74, 6) is -0.0458. The molecule has 0 radical (unpaired) electrons. The van der Waals surface area contributed by atoms with Gasteiger partial charge in [-0.15, -0.1) is 0 Å². The van der Waals surface area contributed by atoms with Gasteiger partial charge in [-0.25, -0.2) is 4.39 Å². The van der Waals surface area contributed by atoms with Crippen molar-refractivity contribution < 1.29 is 9.50 Å². The second-order valence-corrected chi connectivity index (χ2v) is 7.22. The smallest absolute Gasteiger partial charge is 0.132 e. The average Bonchev–Trinajstić information content (AvgIpc) is 3.07. The molecule has 0 saturated heterocycles. The van der Waals surface area contributed by atoms with E-state index in [4.69, 9.17) is 5.10 Å². The maximum absolute atomic E-state index is 14.5. The maximum Gasteiger partial charge on any atom is 0.132 e. The molecule has 1 N–H and O–H groups in total. The Hall–Kier alpha value is -2.18. The van der Waals surface area contributed by atoms with Crippen LogP contribution in [0.15, 0.2) is 46.9 Å². The van der Waals surface area contributed by atoms with Crippen LogP contribution in [0.3, 0.4) is 0 Å². The van der Waals surface area contributed by atoms with Crippen molar-refractivity contribution in [3.05, 3.63) is 69.6 Å². The van der Waals surface area contributed by atoms with Gasteiger partial charge in [0.2, 0.25) is 0 Å². The summed E-state index contributed by atoms with van der Waals surface area (Å²) in [7, 11) is 2.04. The quantitative estimate of drug-likeness (QED) is 0.716. The first-order valence-corrected chi connectivity index (χ1v) is 8.81. The van der Waals surface area contributed by atoms with Gasteiger partial charge in [0.1, 0.15) is 11.6 Å². The minimum Gasteiger partial charge on any atom is -0.507 e. The highest BCUT2D eigenvalue weighted by molar-refractivity contribution is 9.10. The molecule has 4 nitrogen and oxygen atoms in total. The van der Waals surface area contributed by atoms with Gasteiger partial charge < -0.3 is 5.11 Å². The molecule has 3 aromatic rings. The summed E-state index contributed by atoms with van der Waals surface area (Å²) in [4.78, 5) is 2.17. The standard InChI is InChI=1S/C19H17BrFN3O/c1-23-10-14-17(11-23)22-24(9-12-6-7-18(25)15(20)8-12)19(14)13-4-2-3-5-16(13)21/h2-8,25H,9-11H2,1H3. The lowest BCUT2D eigenvalue weighted by atomic mass is 10.1. The number of halogens is 2. The van der Waals surface area contributed by atoms with Gasteiger partial charge in [0.15, 0.2) is 0 Å². The predicted octanol–water partition coefficient (Wildman–Crippen LogP) is 4.15. The highest BCUT2D eigenvalue weighted by Gasteiger charge is 2.27. The molecule has 2 heterocycles. The topological polar surface area (TPSA) is 41.3 Å². The number of aromatic hydroxyl groups is 1. The number of hydrogen-bond donors (Lipinski definition) is 1. The Bertz CT molecular complexity index is 954. The first-order chi connectivity index (χ1) is 12.0. The fraction of sp³-hybridized carbons (Fsp3) is 0.211. The Balaban J connectivity index is 1.82. The van der Waals surface area contributed by atoms with E-state index in [2.05, 4.69) is 20.8 Å². The number of benzene rings is 2. The molecule has 4 rings (SSSR count). The predicted molar refractivity (Wildman–Crippen MR) is 97.7 cm³/mol. The van der Waals surface area contributed by atoms with E-state index in [0.29, 0.717) is 16.6 Å². The van der Waals surface area contributed by atoms with Crippen molar-refractivity contribution in [3.63, 3.8) is 0 Å². The van der Waals surface area contributed by atoms with Crippen LogP contribution in [0.25, 0.3) is 11.3 Å². The van der Waals surface area contributed by atoms with E-state index in [9.17, 15) is 9.50 Å². The molecule has 0 atom stereocenters. The molecule has 2 aromatic carbocycles. The van der Waals surface area contributed by atoms with Crippen molar-refractivity contribution in [1.29, 1.82) is 0 Å². The second kappa shape index (κ2) is 6.28. The number of fused-ring (bicyclic) bond motifs is 1. The Morgan fingerprint density at radius 2 is 2.00 bits per heavy atom. The number of phenols is 1. The van der Waals surface area contributed by atoms with E-state index in [-0.39, 0.29) is 11.6 Å². The zero-order valence-electron chi connectivity index (χ0n) is 13.7. The van der Waals surface area contributed by atoms with Gasteiger partial charge in [-0.3, -0.25) is 9.58 Å². The Morgan fingerprint density at radius 3 is 2.76 bits per heavy atom. The Labute approximate surface area is 153 Å². The fourth-order valence-corrected chi connectivity index (χ4v) is 3.74. The van der Waals surface area contributed by atoms with E-state index < -0.39 is 0 Å². The summed E-state index contributed by atoms with van der Waals surface area (Å²) in [6.07, 6.45) is 0. The Kier molecular flexibility index (Phi) is 4.09. The van der Waals surface area contributed by atoms with Crippen molar-refractivity contribution in [2.75, 3.05) is 7.05 Å². The van der Waals surface area contributed by atoms with E-state index in [1.54, 1.807) is 18.2 Å². The molecule has 6 heteroatoms. The summed E-state index contributed by atoms with van der Waals surface area (Å²) in [6.45, 7) is 2.04. The molecule has 0 aliphatic carbocycles. The lowest BCUT2D eigenvalue weighted by Gasteiger charge is -2.13. The molecule has 0 unspecified atom stereocenters. The maximum atomic E-state index is 14.5. The number of aromatic nitrogens is 2. The molecule has 1 aromatic heterocycles. The Morgan fingerprint density at radius 1 is 1.20 bits per heavy atom. The van der Waals surface area contributed by atoms with Crippen LogP contribution in [0.1, 0.15) is 16.8 Å². The zero-order valence-corrected chi connectivity index (χ0v) is 15.3. The summed E-state index contributed by atoms with van der Waals surface area (Å²) in [6, 6.07) is 12.2. The highest BCUT2D eigenvalue weighted by Crippen LogP contribution is 2.34. The van der Waals surface area contributed by atoms with Gasteiger partial charge in [0, 0.05) is 24.2 Å². The molecule has 1 aliphatic rings. The van der Waals surface area contributed by atoms with Crippen LogP contribution in [-0.2, 0) is 19.6 Å². The van der Waals surface area contributed by atoms with Gasteiger partial charge >= 0.3 is 0 Å². The van der Waals surface area contributed by atoms with Crippen LogP contribution in [0.2, 0.25) is 0 Å². The van der Waals surface area contributed by atoms with Crippen molar-refractivity contribution in [3.8, 4) is 17.0 Å². The third-order valence-electron chi connectivity index (χ3n) is 4.45. The molecular formula is C19H17BrFN3O. The van der Waals surface area contributed by atoms with Gasteiger partial charge in [-0.2, -0.15) is 5.10 Å². The van der Waals surface area contributed by atoms with E-state index in [1.807, 2.05) is 29.9 Å². The molecule has 0 spiro atoms. The number of rotatable bonds is 3. The summed E-state index contributed by atoms with van der Waals surface area (Å²) < 4.78 is 17.0. The van der Waals surface area contributed by atoms with Gasteiger partial charge in [-0.1, -0.05) is 18.2 Å². The first-order valence-electron chi connectivity index (χ1n) is 8.02. The summed E-state index contributed by atoms with van der Waals surface area (Å²) >= 11 is 3.34. The van der Waals surface area contributed by atoms with Crippen molar-refractivity contribution >= 4 is 15.9 Å². The van der Waals surface area contributed by atoms with Gasteiger partial charge in [-0.05, 0) is 52.8 Å². The number of phenolic OH excluding ortho intramolecular Hbond substituents is 1. The van der Waals surface area contributed by atoms with Gasteiger partial charge in [0.25, 0.3) is 0 Å². The number of hydrogen-bond acceptors (Lipinski definition) is 3. The molecule has 25 heavy (non-hydrogen) atoms. The van der Waals surface area contributed by atoms with Crippen LogP contribution in [0, 0.1) is 5.82 Å². The van der Waals surface area contributed by atoms with Crippen molar-refractivity contribution in [2.24, 2.45) is 0 Å². The lowest BCUT2D eigenvalue weighted by Crippen LogP contribution is -2.13. The number of nitrogens with zero attached hydrogens (tertiary/aromatic N) is 3. The summed E-state index contributed by atoms with van der Waals surface area (Å²) in [5.41, 5.74) is 4.48. The normalized spacial score (nSPS) is 14.0. The minimum absolute atomic E-state index is 0.197. The van der Waals surface area contributed by atoms with Gasteiger partial charge in [0.05, 0.1) is 22.4 Å². The molecule has 0 saturated carbocycles. The zero-order chi connectivity index (χ0) is 17.6. The fourth-order valence-electron chi connectivity index (χ4n) is 3.31. The SMILES string of the molecule is CN1Cc2nn(Cc3ccc(O)c(Br)c3)c(-c3ccccc3F)c2C1. The molecule has 0 fully saturated rings. The first kappa shape index (κ1) is 16.3. The second-order valence-electron chi connectivity index (χ2n) is 6.37. The van der Waals surface area contributed by atoms with Crippen LogP contribution in [-0.4, -0.2) is 26.8 Å². The van der Waals surface area contributed by atoms with Crippen LogP contribution in [0.4, 0.5) is 4.39 Å². The average molecular weight is 402 g/mol. The largest absolute Gasteiger partial charge is 0.507 e. The molecule has 0 bridgehead atoms. The highest BCUT2D eigenvalue weighted by atomic mass is 79.9. The molecule has 0 amide bonds. The monoisotopic (exact) mass is 401 g/mol. The third-order valence-corrected chi connectivity index (χ3v) is 5.09.